The number of anilines is 2. The molecule has 3 aromatic carbocycles. The minimum atomic E-state index is -0.711. The van der Waals surface area contributed by atoms with Crippen molar-refractivity contribution in [2.45, 2.75) is 6.54 Å². The van der Waals surface area contributed by atoms with Gasteiger partial charge in [0.25, 0.3) is 5.91 Å². The van der Waals surface area contributed by atoms with Crippen LogP contribution in [0.4, 0.5) is 20.4 Å². The first-order chi connectivity index (χ1) is 20.3. The van der Waals surface area contributed by atoms with Crippen LogP contribution in [0.25, 0.3) is 11.3 Å². The van der Waals surface area contributed by atoms with Crippen LogP contribution in [0.5, 0.6) is 0 Å². The zero-order valence-electron chi connectivity index (χ0n) is 23.1. The number of benzene rings is 3. The second kappa shape index (κ2) is 11.6. The molecule has 0 spiro atoms. The normalized spacial score (nSPS) is 15.1. The van der Waals surface area contributed by atoms with E-state index in [4.69, 9.17) is 16.6 Å². The number of hydrogen-bond acceptors (Lipinski definition) is 7. The monoisotopic (exact) mass is 587 g/mol. The highest BCUT2D eigenvalue weighted by Crippen LogP contribution is 2.34. The van der Waals surface area contributed by atoms with E-state index in [1.165, 1.54) is 18.2 Å². The molecule has 6 rings (SSSR count). The number of halogens is 3. The molecular formula is C31H28ClF2N7O. The average Bonchev–Trinajstić information content (AvgIpc) is 3.14. The van der Waals surface area contributed by atoms with Gasteiger partial charge < -0.3 is 10.2 Å². The Morgan fingerprint density at radius 2 is 1.67 bits per heavy atom. The van der Waals surface area contributed by atoms with Crippen LogP contribution in [0.3, 0.4) is 0 Å². The van der Waals surface area contributed by atoms with Crippen molar-refractivity contribution in [3.8, 4) is 11.3 Å². The summed E-state index contributed by atoms with van der Waals surface area (Å²) in [4.78, 5) is 28.7. The number of carbonyl (C=O) groups is 1. The summed E-state index contributed by atoms with van der Waals surface area (Å²) >= 11 is 6.31. The van der Waals surface area contributed by atoms with Gasteiger partial charge in [-0.2, -0.15) is 0 Å². The molecule has 214 valence electrons. The van der Waals surface area contributed by atoms with E-state index < -0.39 is 11.6 Å². The van der Waals surface area contributed by atoms with E-state index in [1.807, 2.05) is 31.1 Å². The molecule has 0 atom stereocenters. The van der Waals surface area contributed by atoms with E-state index in [1.54, 1.807) is 36.5 Å². The predicted octanol–water partition coefficient (Wildman–Crippen LogP) is 5.40. The van der Waals surface area contributed by atoms with Crippen LogP contribution in [0.2, 0.25) is 5.02 Å². The van der Waals surface area contributed by atoms with Gasteiger partial charge >= 0.3 is 0 Å². The Balaban J connectivity index is 1.25. The molecule has 0 saturated carbocycles. The molecule has 2 aliphatic heterocycles. The van der Waals surface area contributed by atoms with Crippen molar-refractivity contribution in [2.24, 2.45) is 4.99 Å². The summed E-state index contributed by atoms with van der Waals surface area (Å²) in [5.74, 6) is -1.10. The van der Waals surface area contributed by atoms with E-state index >= 15 is 0 Å². The lowest BCUT2D eigenvalue weighted by Gasteiger charge is -2.37. The van der Waals surface area contributed by atoms with E-state index in [-0.39, 0.29) is 23.7 Å². The van der Waals surface area contributed by atoms with E-state index in [0.717, 1.165) is 13.1 Å². The summed E-state index contributed by atoms with van der Waals surface area (Å²) in [6.07, 6.45) is 1.65. The number of nitrogens with one attached hydrogen (secondary N) is 1. The highest BCUT2D eigenvalue weighted by Gasteiger charge is 2.26. The first kappa shape index (κ1) is 27.9. The number of amides is 1. The Hall–Kier alpha value is -4.25. The van der Waals surface area contributed by atoms with Crippen molar-refractivity contribution < 1.29 is 13.6 Å². The number of hydrazine groups is 1. The first-order valence-corrected chi connectivity index (χ1v) is 13.9. The third-order valence-corrected chi connectivity index (χ3v) is 7.70. The van der Waals surface area contributed by atoms with Gasteiger partial charge in [-0.25, -0.2) is 28.8 Å². The van der Waals surface area contributed by atoms with Gasteiger partial charge in [0.2, 0.25) is 5.95 Å². The van der Waals surface area contributed by atoms with Crippen molar-refractivity contribution in [1.82, 2.24) is 24.9 Å². The zero-order chi connectivity index (χ0) is 29.4. The van der Waals surface area contributed by atoms with Gasteiger partial charge in [0, 0.05) is 79.4 Å². The molecule has 1 amide bonds. The van der Waals surface area contributed by atoms with E-state index in [2.05, 4.69) is 25.3 Å². The first-order valence-electron chi connectivity index (χ1n) is 13.5. The maximum Gasteiger partial charge on any atom is 0.253 e. The van der Waals surface area contributed by atoms with Crippen LogP contribution in [0.15, 0.2) is 71.9 Å². The highest BCUT2D eigenvalue weighted by atomic mass is 35.5. The summed E-state index contributed by atoms with van der Waals surface area (Å²) in [7, 11) is 4.01. The van der Waals surface area contributed by atoms with Crippen LogP contribution >= 0.6 is 11.6 Å². The van der Waals surface area contributed by atoms with Gasteiger partial charge in [-0.1, -0.05) is 23.7 Å². The zero-order valence-corrected chi connectivity index (χ0v) is 23.9. The fourth-order valence-corrected chi connectivity index (χ4v) is 5.40. The average molecular weight is 588 g/mol. The molecule has 1 N–H and O–H groups in total. The Labute approximate surface area is 247 Å². The molecule has 1 saturated heterocycles. The molecule has 8 nitrogen and oxygen atoms in total. The number of hydrogen-bond donors (Lipinski definition) is 1. The van der Waals surface area contributed by atoms with Gasteiger partial charge in [-0.05, 0) is 48.5 Å². The minimum absolute atomic E-state index is 0.00130. The molecular weight excluding hydrogens is 560 g/mol. The van der Waals surface area contributed by atoms with Crippen LogP contribution < -0.4 is 5.32 Å². The molecule has 3 heterocycles. The molecule has 0 radical (unpaired) electrons. The lowest BCUT2D eigenvalue weighted by atomic mass is 9.95. The maximum atomic E-state index is 14.8. The number of piperazine rings is 1. The van der Waals surface area contributed by atoms with E-state index in [0.29, 0.717) is 57.7 Å². The SMILES string of the molecule is CN(C)N1CCN(C(=O)c2ccc(Nc3ncc4c(n3)-c3ccc(Cl)cc3C(c3c(F)cccc3F)=NC4)cc2)CC1. The van der Waals surface area contributed by atoms with Crippen molar-refractivity contribution >= 4 is 34.9 Å². The maximum absolute atomic E-state index is 14.8. The van der Waals surface area contributed by atoms with Gasteiger partial charge in [0.05, 0.1) is 23.5 Å². The third kappa shape index (κ3) is 5.48. The summed E-state index contributed by atoms with van der Waals surface area (Å²) in [6.45, 7) is 3.06. The van der Waals surface area contributed by atoms with Crippen LogP contribution in [0.1, 0.15) is 27.0 Å². The van der Waals surface area contributed by atoms with Gasteiger partial charge in [0.1, 0.15) is 11.6 Å². The summed E-state index contributed by atoms with van der Waals surface area (Å²) in [6, 6.07) is 16.0. The summed E-state index contributed by atoms with van der Waals surface area (Å²) in [5, 5.41) is 7.86. The largest absolute Gasteiger partial charge is 0.336 e. The van der Waals surface area contributed by atoms with Crippen LogP contribution in [0, 0.1) is 11.6 Å². The smallest absolute Gasteiger partial charge is 0.253 e. The van der Waals surface area contributed by atoms with Crippen molar-refractivity contribution in [3.63, 3.8) is 0 Å². The van der Waals surface area contributed by atoms with Crippen LogP contribution in [-0.4, -0.2) is 76.8 Å². The van der Waals surface area contributed by atoms with Gasteiger partial charge in [-0.3, -0.25) is 9.79 Å². The fraction of sp³-hybridized carbons (Fsp3) is 0.226. The van der Waals surface area contributed by atoms with Gasteiger partial charge in [-0.15, -0.1) is 0 Å². The topological polar surface area (TPSA) is 77.0 Å². The third-order valence-electron chi connectivity index (χ3n) is 7.46. The minimum Gasteiger partial charge on any atom is -0.336 e. The molecule has 11 heteroatoms. The Kier molecular flexibility index (Phi) is 7.68. The number of fused-ring (bicyclic) bond motifs is 3. The molecule has 1 fully saturated rings. The van der Waals surface area contributed by atoms with E-state index in [9.17, 15) is 13.6 Å². The number of nitrogens with zero attached hydrogens (tertiary/aromatic N) is 6. The number of aliphatic imine (C=N–C) groups is 1. The second-order valence-corrected chi connectivity index (χ2v) is 10.8. The predicted molar refractivity (Wildman–Crippen MR) is 159 cm³/mol. The quantitative estimate of drug-likeness (QED) is 0.337. The molecule has 1 aromatic heterocycles. The standard InChI is InChI=1S/C31H28ClF2N7O/c1-39(2)41-14-12-40(13-15-41)30(42)19-6-9-22(10-7-19)37-31-36-18-20-17-35-29(27-25(33)4-3-5-26(27)34)24-16-21(32)8-11-23(24)28(20)38-31/h3-11,16,18H,12-15,17H2,1-2H3,(H,36,37,38). The van der Waals surface area contributed by atoms with Gasteiger partial charge in [0.15, 0.2) is 0 Å². The Bertz CT molecular complexity index is 1670. The lowest BCUT2D eigenvalue weighted by molar-refractivity contribution is -0.0147. The Morgan fingerprint density at radius 3 is 2.36 bits per heavy atom. The number of rotatable bonds is 5. The molecule has 0 unspecified atom stereocenters. The van der Waals surface area contributed by atoms with Crippen molar-refractivity contribution in [1.29, 1.82) is 0 Å². The summed E-state index contributed by atoms with van der Waals surface area (Å²) < 4.78 is 29.6. The molecule has 0 aliphatic carbocycles. The Morgan fingerprint density at radius 1 is 0.952 bits per heavy atom. The summed E-state index contributed by atoms with van der Waals surface area (Å²) in [5.41, 5.74) is 3.66. The fourth-order valence-electron chi connectivity index (χ4n) is 5.23. The van der Waals surface area contributed by atoms with Crippen LogP contribution in [-0.2, 0) is 6.54 Å². The lowest BCUT2D eigenvalue weighted by Crippen LogP contribution is -2.52. The molecule has 42 heavy (non-hydrogen) atoms. The highest BCUT2D eigenvalue weighted by molar-refractivity contribution is 6.31. The molecule has 2 aliphatic rings. The van der Waals surface area contributed by atoms with Crippen molar-refractivity contribution in [2.75, 3.05) is 45.6 Å². The van der Waals surface area contributed by atoms with Crippen molar-refractivity contribution in [3.05, 3.63) is 106 Å². The molecule has 0 bridgehead atoms. The number of aromatic nitrogens is 2. The number of carbonyl (C=O) groups excluding carboxylic acids is 1. The molecule has 4 aromatic rings. The second-order valence-electron chi connectivity index (χ2n) is 10.3.